The maximum atomic E-state index is 11.2. The number of benzene rings is 1. The summed E-state index contributed by atoms with van der Waals surface area (Å²) in [4.78, 5) is 11.2. The van der Waals surface area contributed by atoms with Gasteiger partial charge in [0.05, 0.1) is 6.61 Å². The van der Waals surface area contributed by atoms with Crippen LogP contribution in [0, 0.1) is 0 Å². The van der Waals surface area contributed by atoms with Crippen LogP contribution in [0.1, 0.15) is 69.8 Å². The summed E-state index contributed by atoms with van der Waals surface area (Å²) in [6.07, 6.45) is 7.94. The molecule has 0 radical (unpaired) electrons. The maximum Gasteiger partial charge on any atom is 0.219 e. The van der Waals surface area contributed by atoms with Crippen molar-refractivity contribution in [2.75, 3.05) is 27.4 Å². The molecule has 0 aliphatic carbocycles. The van der Waals surface area contributed by atoms with Crippen molar-refractivity contribution < 1.29 is 19.4 Å². The summed E-state index contributed by atoms with van der Waals surface area (Å²) in [5.41, 5.74) is 1.22. The molecule has 5 nitrogen and oxygen atoms in total. The molecule has 0 saturated heterocycles. The number of nitrogens with one attached hydrogen (secondary N) is 1. The van der Waals surface area contributed by atoms with Gasteiger partial charge in [-0.05, 0) is 42.9 Å². The topological polar surface area (TPSA) is 67.8 Å². The molecule has 0 saturated carbocycles. The number of unbranched alkanes of at least 4 members (excludes halogenated alkanes) is 3. The highest BCUT2D eigenvalue weighted by Gasteiger charge is 2.12. The summed E-state index contributed by atoms with van der Waals surface area (Å²) in [5, 5.41) is 12.7. The summed E-state index contributed by atoms with van der Waals surface area (Å²) in [6, 6.07) is 5.70. The number of phenols is 1. The van der Waals surface area contributed by atoms with Gasteiger partial charge in [0.1, 0.15) is 0 Å². The molecule has 26 heavy (non-hydrogen) atoms. The van der Waals surface area contributed by atoms with Crippen molar-refractivity contribution in [3.8, 4) is 11.5 Å². The Bertz CT molecular complexity index is 519. The lowest BCUT2D eigenvalue weighted by atomic mass is 9.90. The van der Waals surface area contributed by atoms with E-state index in [4.69, 9.17) is 9.47 Å². The van der Waals surface area contributed by atoms with Crippen LogP contribution < -0.4 is 10.1 Å². The lowest BCUT2D eigenvalue weighted by Crippen LogP contribution is -2.16. The summed E-state index contributed by atoms with van der Waals surface area (Å²) in [7, 11) is 3.35. The minimum atomic E-state index is 0.124. The van der Waals surface area contributed by atoms with Gasteiger partial charge < -0.3 is 19.9 Å². The lowest BCUT2D eigenvalue weighted by Gasteiger charge is -2.17. The van der Waals surface area contributed by atoms with Crippen LogP contribution >= 0.6 is 0 Å². The van der Waals surface area contributed by atoms with Gasteiger partial charge in [0, 0.05) is 33.6 Å². The van der Waals surface area contributed by atoms with Crippen molar-refractivity contribution in [1.82, 2.24) is 5.32 Å². The van der Waals surface area contributed by atoms with E-state index >= 15 is 0 Å². The van der Waals surface area contributed by atoms with Crippen LogP contribution in [0.4, 0.5) is 0 Å². The Hall–Kier alpha value is -1.75. The average molecular weight is 366 g/mol. The lowest BCUT2D eigenvalue weighted by molar-refractivity contribution is -0.120. The zero-order chi connectivity index (χ0) is 19.2. The number of carbonyl (C=O) groups excluding carboxylic acids is 1. The van der Waals surface area contributed by atoms with Crippen LogP contribution in [-0.2, 0) is 9.53 Å². The van der Waals surface area contributed by atoms with Gasteiger partial charge in [0.15, 0.2) is 11.5 Å². The molecule has 0 fully saturated rings. The number of ether oxygens (including phenoxy) is 2. The molecular weight excluding hydrogens is 330 g/mol. The van der Waals surface area contributed by atoms with E-state index in [9.17, 15) is 9.90 Å². The Morgan fingerprint density at radius 2 is 1.92 bits per heavy atom. The number of phenolic OH excluding ortho intramolecular Hbond substituents is 1. The number of amides is 1. The summed E-state index contributed by atoms with van der Waals surface area (Å²) in [5.74, 6) is 1.34. The van der Waals surface area contributed by atoms with E-state index in [1.165, 1.54) is 5.56 Å². The van der Waals surface area contributed by atoms with Gasteiger partial charge in [-0.15, -0.1) is 0 Å². The van der Waals surface area contributed by atoms with Crippen LogP contribution in [0.3, 0.4) is 0 Å². The van der Waals surface area contributed by atoms with Gasteiger partial charge in [0.2, 0.25) is 5.91 Å². The molecule has 0 aliphatic heterocycles. The van der Waals surface area contributed by atoms with E-state index in [0.717, 1.165) is 44.9 Å². The third-order valence-corrected chi connectivity index (χ3v) is 4.68. The van der Waals surface area contributed by atoms with Gasteiger partial charge in [-0.2, -0.15) is 0 Å². The van der Waals surface area contributed by atoms with Crippen LogP contribution in [0.25, 0.3) is 0 Å². The standard InChI is InChI=1S/C21H35NO4/c1-4-17(10-7-5-6-8-11-21(24)22-2)18-12-13-19(23)20(16-18)26-15-9-14-25-3/h12-13,16-17,23H,4-11,14-15H2,1-3H3,(H,22,24). The SMILES string of the molecule is CCC(CCCCCCC(=O)NC)c1ccc(O)c(OCCCOC)c1. The number of hydrogen-bond acceptors (Lipinski definition) is 4. The third-order valence-electron chi connectivity index (χ3n) is 4.68. The van der Waals surface area contributed by atoms with Crippen molar-refractivity contribution in [3.63, 3.8) is 0 Å². The Kier molecular flexibility index (Phi) is 11.5. The van der Waals surface area contributed by atoms with Gasteiger partial charge in [-0.1, -0.05) is 32.3 Å². The predicted octanol–water partition coefficient (Wildman–Crippen LogP) is 4.39. The van der Waals surface area contributed by atoms with Crippen molar-refractivity contribution in [3.05, 3.63) is 23.8 Å². The fraction of sp³-hybridized carbons (Fsp3) is 0.667. The normalized spacial score (nSPS) is 12.0. The van der Waals surface area contributed by atoms with E-state index < -0.39 is 0 Å². The van der Waals surface area contributed by atoms with Crippen molar-refractivity contribution in [2.45, 2.75) is 64.2 Å². The highest BCUT2D eigenvalue weighted by molar-refractivity contribution is 5.75. The maximum absolute atomic E-state index is 11.2. The molecule has 0 aromatic heterocycles. The van der Waals surface area contributed by atoms with E-state index in [-0.39, 0.29) is 11.7 Å². The Balaban J connectivity index is 2.44. The van der Waals surface area contributed by atoms with E-state index in [1.54, 1.807) is 20.2 Å². The average Bonchev–Trinajstić information content (AvgIpc) is 2.66. The Morgan fingerprint density at radius 3 is 2.62 bits per heavy atom. The first kappa shape index (κ1) is 22.3. The first-order valence-corrected chi connectivity index (χ1v) is 9.77. The van der Waals surface area contributed by atoms with Gasteiger partial charge >= 0.3 is 0 Å². The van der Waals surface area contributed by atoms with E-state index in [2.05, 4.69) is 12.2 Å². The molecule has 1 atom stereocenters. The van der Waals surface area contributed by atoms with Crippen LogP contribution in [-0.4, -0.2) is 38.4 Å². The molecule has 1 aromatic carbocycles. The molecule has 0 bridgehead atoms. The number of methoxy groups -OCH3 is 1. The van der Waals surface area contributed by atoms with Gasteiger partial charge in [-0.3, -0.25) is 4.79 Å². The Morgan fingerprint density at radius 1 is 1.15 bits per heavy atom. The first-order valence-electron chi connectivity index (χ1n) is 9.77. The zero-order valence-electron chi connectivity index (χ0n) is 16.6. The molecule has 5 heteroatoms. The molecule has 148 valence electrons. The summed E-state index contributed by atoms with van der Waals surface area (Å²) in [6.45, 7) is 3.38. The monoisotopic (exact) mass is 365 g/mol. The largest absolute Gasteiger partial charge is 0.504 e. The molecule has 0 aliphatic rings. The highest BCUT2D eigenvalue weighted by atomic mass is 16.5. The molecule has 2 N–H and O–H groups in total. The number of hydrogen-bond donors (Lipinski definition) is 2. The molecule has 0 heterocycles. The van der Waals surface area contributed by atoms with Crippen LogP contribution in [0.2, 0.25) is 0 Å². The smallest absolute Gasteiger partial charge is 0.219 e. The number of aromatic hydroxyl groups is 1. The Labute approximate surface area is 158 Å². The van der Waals surface area contributed by atoms with E-state index in [0.29, 0.717) is 31.3 Å². The molecule has 1 unspecified atom stereocenters. The molecule has 1 aromatic rings. The van der Waals surface area contributed by atoms with Crippen molar-refractivity contribution in [1.29, 1.82) is 0 Å². The first-order chi connectivity index (χ1) is 12.6. The fourth-order valence-electron chi connectivity index (χ4n) is 3.05. The summed E-state index contributed by atoms with van der Waals surface area (Å²) >= 11 is 0. The number of rotatable bonds is 14. The van der Waals surface area contributed by atoms with Crippen molar-refractivity contribution >= 4 is 5.91 Å². The van der Waals surface area contributed by atoms with Gasteiger partial charge in [0.25, 0.3) is 0 Å². The predicted molar refractivity (Wildman–Crippen MR) is 105 cm³/mol. The van der Waals surface area contributed by atoms with Gasteiger partial charge in [-0.25, -0.2) is 0 Å². The molecular formula is C21H35NO4. The number of carbonyl (C=O) groups is 1. The molecule has 0 spiro atoms. The van der Waals surface area contributed by atoms with Crippen molar-refractivity contribution in [2.24, 2.45) is 0 Å². The minimum absolute atomic E-state index is 0.124. The molecule has 1 amide bonds. The molecule has 1 rings (SSSR count). The second kappa shape index (κ2) is 13.5. The minimum Gasteiger partial charge on any atom is -0.504 e. The second-order valence-electron chi connectivity index (χ2n) is 6.65. The highest BCUT2D eigenvalue weighted by Crippen LogP contribution is 2.33. The quantitative estimate of drug-likeness (QED) is 0.480. The fourth-order valence-corrected chi connectivity index (χ4v) is 3.05. The van der Waals surface area contributed by atoms with Crippen LogP contribution in [0.5, 0.6) is 11.5 Å². The second-order valence-corrected chi connectivity index (χ2v) is 6.65. The van der Waals surface area contributed by atoms with E-state index in [1.807, 2.05) is 12.1 Å². The third kappa shape index (κ3) is 8.56. The summed E-state index contributed by atoms with van der Waals surface area (Å²) < 4.78 is 10.7. The zero-order valence-corrected chi connectivity index (χ0v) is 16.6. The van der Waals surface area contributed by atoms with Crippen LogP contribution in [0.15, 0.2) is 18.2 Å².